The lowest BCUT2D eigenvalue weighted by atomic mass is 10.1. The third-order valence-electron chi connectivity index (χ3n) is 4.86. The van der Waals surface area contributed by atoms with Crippen LogP contribution in [0.15, 0.2) is 41.5 Å². The lowest BCUT2D eigenvalue weighted by Crippen LogP contribution is -2.30. The summed E-state index contributed by atoms with van der Waals surface area (Å²) in [6.45, 7) is 4.46. The van der Waals surface area contributed by atoms with E-state index in [0.717, 1.165) is 37.4 Å². The minimum Gasteiger partial charge on any atom is -0.337 e. The number of halogens is 1. The second-order valence-electron chi connectivity index (χ2n) is 6.60. The van der Waals surface area contributed by atoms with E-state index in [2.05, 4.69) is 25.5 Å². The molecule has 3 heterocycles. The molecule has 2 aromatic heterocycles. The van der Waals surface area contributed by atoms with E-state index >= 15 is 0 Å². The number of hydrogen-bond acceptors (Lipinski definition) is 4. The molecule has 0 spiro atoms. The summed E-state index contributed by atoms with van der Waals surface area (Å²) in [4.78, 5) is 23.2. The summed E-state index contributed by atoms with van der Waals surface area (Å²) >= 11 is 6.06. The Balaban J connectivity index is 1.66. The number of benzene rings is 1. The van der Waals surface area contributed by atoms with Gasteiger partial charge in [0.25, 0.3) is 5.56 Å². The van der Waals surface area contributed by atoms with Crippen LogP contribution < -0.4 is 5.56 Å². The maximum absolute atomic E-state index is 12.2. The van der Waals surface area contributed by atoms with Crippen LogP contribution in [-0.2, 0) is 13.6 Å². The number of rotatable bonds is 3. The van der Waals surface area contributed by atoms with Gasteiger partial charge >= 0.3 is 0 Å². The fourth-order valence-corrected chi connectivity index (χ4v) is 3.64. The van der Waals surface area contributed by atoms with Crippen molar-refractivity contribution in [3.63, 3.8) is 0 Å². The Morgan fingerprint density at radius 3 is 2.85 bits per heavy atom. The van der Waals surface area contributed by atoms with Crippen molar-refractivity contribution in [2.45, 2.75) is 19.9 Å². The topological polar surface area (TPSA) is 56.0 Å². The molecule has 6 nitrogen and oxygen atoms in total. The fraction of sp³-hybridized carbons (Fsp3) is 0.316. The zero-order valence-electron chi connectivity index (χ0n) is 14.8. The molecule has 0 N–H and O–H groups in total. The summed E-state index contributed by atoms with van der Waals surface area (Å²) in [5.41, 5.74) is 1.79. The molecule has 26 heavy (non-hydrogen) atoms. The van der Waals surface area contributed by atoms with Crippen molar-refractivity contribution in [2.24, 2.45) is 7.05 Å². The average Bonchev–Trinajstić information content (AvgIpc) is 3.02. The minimum atomic E-state index is -0.232. The van der Waals surface area contributed by atoms with Gasteiger partial charge in [0.15, 0.2) is 0 Å². The van der Waals surface area contributed by atoms with Crippen LogP contribution in [0.5, 0.6) is 0 Å². The van der Waals surface area contributed by atoms with Gasteiger partial charge in [0.2, 0.25) is 0 Å². The van der Waals surface area contributed by atoms with E-state index < -0.39 is 0 Å². The van der Waals surface area contributed by atoms with Gasteiger partial charge in [-0.15, -0.1) is 0 Å². The SMILES string of the molecule is Cc1nc(=O)c2cc(Cl)ccc2n1C1=CCN(Cc2nccn2C)CC1. The Labute approximate surface area is 156 Å². The standard InChI is InChI=1S/C19H20ClN5O/c1-13-22-19(26)16-11-14(20)3-4-17(16)25(13)15-5-8-24(9-6-15)12-18-21-7-10-23(18)2/h3-5,7,10-11H,6,8-9,12H2,1-2H3. The predicted molar refractivity (Wildman–Crippen MR) is 103 cm³/mol. The van der Waals surface area contributed by atoms with Crippen LogP contribution in [0.1, 0.15) is 18.1 Å². The summed E-state index contributed by atoms with van der Waals surface area (Å²) in [6.07, 6.45) is 6.88. The smallest absolute Gasteiger partial charge is 0.280 e. The number of nitrogens with zero attached hydrogens (tertiary/aromatic N) is 5. The highest BCUT2D eigenvalue weighted by Crippen LogP contribution is 2.24. The Hall–Kier alpha value is -2.44. The first-order valence-electron chi connectivity index (χ1n) is 8.60. The molecule has 134 valence electrons. The van der Waals surface area contributed by atoms with Crippen LogP contribution in [0.4, 0.5) is 0 Å². The molecule has 7 heteroatoms. The lowest BCUT2D eigenvalue weighted by Gasteiger charge is -2.28. The average molecular weight is 370 g/mol. The first-order chi connectivity index (χ1) is 12.5. The molecule has 0 atom stereocenters. The third kappa shape index (κ3) is 3.06. The molecule has 1 aliphatic heterocycles. The molecule has 0 fully saturated rings. The van der Waals surface area contributed by atoms with Crippen LogP contribution >= 0.6 is 11.6 Å². The molecule has 1 aliphatic rings. The Kier molecular flexibility index (Phi) is 4.38. The van der Waals surface area contributed by atoms with Crippen LogP contribution in [0.2, 0.25) is 5.02 Å². The maximum atomic E-state index is 12.2. The summed E-state index contributed by atoms with van der Waals surface area (Å²) < 4.78 is 4.12. The number of aromatic nitrogens is 4. The van der Waals surface area contributed by atoms with E-state index in [0.29, 0.717) is 16.2 Å². The summed E-state index contributed by atoms with van der Waals surface area (Å²) in [5, 5.41) is 1.10. The Bertz CT molecular complexity index is 1070. The van der Waals surface area contributed by atoms with Crippen LogP contribution in [0.3, 0.4) is 0 Å². The van der Waals surface area contributed by atoms with Gasteiger partial charge in [0.1, 0.15) is 11.6 Å². The molecular formula is C19H20ClN5O. The summed E-state index contributed by atoms with van der Waals surface area (Å²) in [5.74, 6) is 1.76. The monoisotopic (exact) mass is 369 g/mol. The zero-order chi connectivity index (χ0) is 18.3. The molecule has 0 radical (unpaired) electrons. The van der Waals surface area contributed by atoms with Gasteiger partial charge in [-0.25, -0.2) is 4.98 Å². The number of fused-ring (bicyclic) bond motifs is 1. The number of aryl methyl sites for hydroxylation is 2. The van der Waals surface area contributed by atoms with Crippen molar-refractivity contribution in [3.05, 3.63) is 63.7 Å². The second-order valence-corrected chi connectivity index (χ2v) is 7.03. The molecule has 0 amide bonds. The quantitative estimate of drug-likeness (QED) is 0.712. The van der Waals surface area contributed by atoms with Gasteiger partial charge in [-0.1, -0.05) is 17.7 Å². The van der Waals surface area contributed by atoms with Gasteiger partial charge in [-0.3, -0.25) is 9.69 Å². The minimum absolute atomic E-state index is 0.232. The first-order valence-corrected chi connectivity index (χ1v) is 8.97. The highest BCUT2D eigenvalue weighted by molar-refractivity contribution is 6.31. The van der Waals surface area contributed by atoms with E-state index in [1.807, 2.05) is 43.1 Å². The van der Waals surface area contributed by atoms with Crippen LogP contribution in [0.25, 0.3) is 16.6 Å². The number of imidazole rings is 1. The van der Waals surface area contributed by atoms with Crippen molar-refractivity contribution in [3.8, 4) is 0 Å². The normalized spacial score (nSPS) is 15.4. The Morgan fingerprint density at radius 1 is 1.31 bits per heavy atom. The van der Waals surface area contributed by atoms with Gasteiger partial charge in [0, 0.05) is 49.7 Å². The zero-order valence-corrected chi connectivity index (χ0v) is 15.6. The van der Waals surface area contributed by atoms with E-state index in [-0.39, 0.29) is 5.56 Å². The molecule has 0 saturated heterocycles. The second kappa shape index (κ2) is 6.70. The van der Waals surface area contributed by atoms with Crippen LogP contribution in [0, 0.1) is 6.92 Å². The molecule has 0 saturated carbocycles. The molecule has 0 aliphatic carbocycles. The van der Waals surface area contributed by atoms with Gasteiger partial charge < -0.3 is 9.13 Å². The van der Waals surface area contributed by atoms with Gasteiger partial charge in [0.05, 0.1) is 17.4 Å². The summed E-state index contributed by atoms with van der Waals surface area (Å²) in [6, 6.07) is 5.41. The largest absolute Gasteiger partial charge is 0.337 e. The number of hydrogen-bond donors (Lipinski definition) is 0. The van der Waals surface area contributed by atoms with E-state index in [4.69, 9.17) is 11.6 Å². The molecule has 0 bridgehead atoms. The lowest BCUT2D eigenvalue weighted by molar-refractivity contribution is 0.281. The maximum Gasteiger partial charge on any atom is 0.280 e. The Morgan fingerprint density at radius 2 is 2.15 bits per heavy atom. The summed E-state index contributed by atoms with van der Waals surface area (Å²) in [7, 11) is 2.01. The van der Waals surface area contributed by atoms with Crippen molar-refractivity contribution < 1.29 is 0 Å². The van der Waals surface area contributed by atoms with E-state index in [1.165, 1.54) is 5.70 Å². The fourth-order valence-electron chi connectivity index (χ4n) is 3.46. The highest BCUT2D eigenvalue weighted by Gasteiger charge is 2.18. The molecule has 4 rings (SSSR count). The van der Waals surface area contributed by atoms with Gasteiger partial charge in [-0.2, -0.15) is 4.98 Å². The van der Waals surface area contributed by atoms with Gasteiger partial charge in [-0.05, 0) is 25.1 Å². The van der Waals surface area contributed by atoms with Crippen molar-refractivity contribution >= 4 is 28.2 Å². The first kappa shape index (κ1) is 17.0. The highest BCUT2D eigenvalue weighted by atomic mass is 35.5. The van der Waals surface area contributed by atoms with Crippen molar-refractivity contribution in [1.29, 1.82) is 0 Å². The molecular weight excluding hydrogens is 350 g/mol. The molecule has 0 unspecified atom stereocenters. The van der Waals surface area contributed by atoms with E-state index in [9.17, 15) is 4.79 Å². The van der Waals surface area contributed by atoms with Crippen LogP contribution in [-0.4, -0.2) is 37.1 Å². The molecule has 3 aromatic rings. The van der Waals surface area contributed by atoms with Crippen molar-refractivity contribution in [1.82, 2.24) is 24.0 Å². The molecule has 1 aromatic carbocycles. The predicted octanol–water partition coefficient (Wildman–Crippen LogP) is 2.84. The van der Waals surface area contributed by atoms with Crippen molar-refractivity contribution in [2.75, 3.05) is 13.1 Å². The third-order valence-corrected chi connectivity index (χ3v) is 5.09. The van der Waals surface area contributed by atoms with E-state index in [1.54, 1.807) is 6.07 Å².